The van der Waals surface area contributed by atoms with Crippen LogP contribution in [0.2, 0.25) is 0 Å². The lowest BCUT2D eigenvalue weighted by Crippen LogP contribution is -2.46. The molecule has 2 bridgehead atoms. The van der Waals surface area contributed by atoms with Crippen molar-refractivity contribution in [1.29, 1.82) is 0 Å². The van der Waals surface area contributed by atoms with Crippen LogP contribution in [0.5, 0.6) is 0 Å². The number of hydrogen-bond acceptors (Lipinski definition) is 2. The summed E-state index contributed by atoms with van der Waals surface area (Å²) in [7, 11) is 2.12. The normalized spacial score (nSPS) is 41.6. The molecule has 2 aliphatic heterocycles. The van der Waals surface area contributed by atoms with E-state index in [9.17, 15) is 4.79 Å². The van der Waals surface area contributed by atoms with E-state index >= 15 is 0 Å². The van der Waals surface area contributed by atoms with E-state index in [0.29, 0.717) is 6.04 Å². The van der Waals surface area contributed by atoms with Gasteiger partial charge >= 0.3 is 0 Å². The molecule has 0 radical (unpaired) electrons. The Hall–Kier alpha value is -0.570. The molecule has 2 aliphatic rings. The number of hydrogen-bond donors (Lipinski definition) is 1. The molecule has 0 aromatic carbocycles. The Morgan fingerprint density at radius 2 is 2.00 bits per heavy atom. The lowest BCUT2D eigenvalue weighted by Gasteiger charge is -2.35. The van der Waals surface area contributed by atoms with Gasteiger partial charge in [0.1, 0.15) is 0 Å². The zero-order valence-electron chi connectivity index (χ0n) is 7.49. The average Bonchev–Trinajstić information content (AvgIpc) is 2.32. The SMILES string of the molecule is CN1C2CCC(C(N)=O)C1CC2. The Balaban J connectivity index is 2.14. The number of rotatable bonds is 1. The van der Waals surface area contributed by atoms with E-state index in [0.717, 1.165) is 25.3 Å². The van der Waals surface area contributed by atoms with Crippen molar-refractivity contribution in [3.8, 4) is 0 Å². The van der Waals surface area contributed by atoms with Crippen LogP contribution in [-0.4, -0.2) is 29.9 Å². The molecule has 3 unspecified atom stereocenters. The van der Waals surface area contributed by atoms with Crippen molar-refractivity contribution in [2.45, 2.75) is 37.8 Å². The molecule has 2 fully saturated rings. The van der Waals surface area contributed by atoms with Crippen LogP contribution in [0.1, 0.15) is 25.7 Å². The first-order valence-corrected chi connectivity index (χ1v) is 4.71. The molecule has 0 aromatic heterocycles. The van der Waals surface area contributed by atoms with Crippen LogP contribution < -0.4 is 5.73 Å². The molecule has 0 aromatic rings. The number of nitrogens with two attached hydrogens (primary N) is 1. The number of amides is 1. The Labute approximate surface area is 72.9 Å². The summed E-state index contributed by atoms with van der Waals surface area (Å²) in [5.41, 5.74) is 5.35. The summed E-state index contributed by atoms with van der Waals surface area (Å²) in [6.07, 6.45) is 4.58. The molecule has 0 aliphatic carbocycles. The van der Waals surface area contributed by atoms with Gasteiger partial charge in [-0.25, -0.2) is 0 Å². The number of carbonyl (C=O) groups excluding carboxylic acids is 1. The van der Waals surface area contributed by atoms with Crippen LogP contribution >= 0.6 is 0 Å². The van der Waals surface area contributed by atoms with Crippen molar-refractivity contribution in [3.05, 3.63) is 0 Å². The zero-order chi connectivity index (χ0) is 8.72. The van der Waals surface area contributed by atoms with Gasteiger partial charge in [0.05, 0.1) is 5.92 Å². The van der Waals surface area contributed by atoms with Crippen LogP contribution in [0.15, 0.2) is 0 Å². The third kappa shape index (κ3) is 1.04. The van der Waals surface area contributed by atoms with Gasteiger partial charge in [0, 0.05) is 12.1 Å². The summed E-state index contributed by atoms with van der Waals surface area (Å²) < 4.78 is 0. The zero-order valence-corrected chi connectivity index (χ0v) is 7.49. The lowest BCUT2D eigenvalue weighted by molar-refractivity contribution is -0.125. The monoisotopic (exact) mass is 168 g/mol. The summed E-state index contributed by atoms with van der Waals surface area (Å²) in [4.78, 5) is 13.4. The number of piperidine rings is 1. The Bertz CT molecular complexity index is 205. The van der Waals surface area contributed by atoms with Gasteiger partial charge in [0.15, 0.2) is 0 Å². The van der Waals surface area contributed by atoms with E-state index in [1.54, 1.807) is 0 Å². The van der Waals surface area contributed by atoms with E-state index in [4.69, 9.17) is 5.73 Å². The number of carbonyl (C=O) groups is 1. The van der Waals surface area contributed by atoms with E-state index in [1.165, 1.54) is 6.42 Å². The minimum atomic E-state index is -0.104. The topological polar surface area (TPSA) is 46.3 Å². The molecule has 2 N–H and O–H groups in total. The van der Waals surface area contributed by atoms with E-state index in [1.807, 2.05) is 0 Å². The third-order valence-corrected chi connectivity index (χ3v) is 3.54. The van der Waals surface area contributed by atoms with Gasteiger partial charge in [0.25, 0.3) is 0 Å². The highest BCUT2D eigenvalue weighted by Crippen LogP contribution is 2.37. The second-order valence-electron chi connectivity index (χ2n) is 4.05. The fourth-order valence-electron chi connectivity index (χ4n) is 2.77. The minimum absolute atomic E-state index is 0.104. The molecule has 0 saturated carbocycles. The Kier molecular flexibility index (Phi) is 1.83. The van der Waals surface area contributed by atoms with Crippen molar-refractivity contribution >= 4 is 5.91 Å². The number of nitrogens with zero attached hydrogens (tertiary/aromatic N) is 1. The first kappa shape index (κ1) is 8.05. The molecular formula is C9H16N2O. The smallest absolute Gasteiger partial charge is 0.222 e. The predicted molar refractivity (Wildman–Crippen MR) is 46.5 cm³/mol. The quantitative estimate of drug-likeness (QED) is 0.614. The van der Waals surface area contributed by atoms with Gasteiger partial charge in [-0.1, -0.05) is 0 Å². The van der Waals surface area contributed by atoms with Crippen LogP contribution in [0, 0.1) is 5.92 Å². The average molecular weight is 168 g/mol. The summed E-state index contributed by atoms with van der Waals surface area (Å²) in [6, 6.07) is 1.17. The molecule has 2 heterocycles. The maximum atomic E-state index is 11.1. The minimum Gasteiger partial charge on any atom is -0.369 e. The second-order valence-corrected chi connectivity index (χ2v) is 4.05. The second kappa shape index (κ2) is 2.73. The summed E-state index contributed by atoms with van der Waals surface area (Å²) in [5, 5.41) is 0. The van der Waals surface area contributed by atoms with Gasteiger partial charge in [-0.05, 0) is 32.7 Å². The summed E-state index contributed by atoms with van der Waals surface area (Å²) >= 11 is 0. The van der Waals surface area contributed by atoms with Gasteiger partial charge in [-0.15, -0.1) is 0 Å². The largest absolute Gasteiger partial charge is 0.369 e. The molecule has 2 saturated heterocycles. The molecule has 68 valence electrons. The highest BCUT2D eigenvalue weighted by Gasteiger charge is 2.42. The highest BCUT2D eigenvalue weighted by molar-refractivity contribution is 5.77. The maximum absolute atomic E-state index is 11.1. The molecule has 3 nitrogen and oxygen atoms in total. The van der Waals surface area contributed by atoms with Gasteiger partial charge in [-0.3, -0.25) is 9.69 Å². The predicted octanol–water partition coefficient (Wildman–Crippen LogP) is 0.344. The Morgan fingerprint density at radius 1 is 1.33 bits per heavy atom. The van der Waals surface area contributed by atoms with E-state index in [-0.39, 0.29) is 11.8 Å². The standard InChI is InChI=1S/C9H16N2O/c1-11-6-2-4-7(9(10)12)8(11)5-3-6/h6-8H,2-5H2,1H3,(H2,10,12). The first-order valence-electron chi connectivity index (χ1n) is 4.71. The summed E-state index contributed by atoms with van der Waals surface area (Å²) in [5.74, 6) is 0.0148. The van der Waals surface area contributed by atoms with E-state index < -0.39 is 0 Å². The molecule has 2 rings (SSSR count). The van der Waals surface area contributed by atoms with Crippen LogP contribution in [-0.2, 0) is 4.79 Å². The van der Waals surface area contributed by atoms with Gasteiger partial charge in [-0.2, -0.15) is 0 Å². The van der Waals surface area contributed by atoms with Crippen molar-refractivity contribution in [1.82, 2.24) is 4.90 Å². The molecule has 0 spiro atoms. The third-order valence-electron chi connectivity index (χ3n) is 3.54. The molecule has 12 heavy (non-hydrogen) atoms. The maximum Gasteiger partial charge on any atom is 0.222 e. The van der Waals surface area contributed by atoms with Crippen LogP contribution in [0.4, 0.5) is 0 Å². The van der Waals surface area contributed by atoms with Gasteiger partial charge < -0.3 is 5.73 Å². The number of primary amides is 1. The van der Waals surface area contributed by atoms with Crippen molar-refractivity contribution in [3.63, 3.8) is 0 Å². The molecule has 3 atom stereocenters. The molecule has 1 amide bonds. The van der Waals surface area contributed by atoms with Crippen LogP contribution in [0.25, 0.3) is 0 Å². The first-order chi connectivity index (χ1) is 5.70. The fraction of sp³-hybridized carbons (Fsp3) is 0.889. The lowest BCUT2D eigenvalue weighted by atomic mass is 9.90. The van der Waals surface area contributed by atoms with Crippen molar-refractivity contribution < 1.29 is 4.79 Å². The van der Waals surface area contributed by atoms with E-state index in [2.05, 4.69) is 11.9 Å². The van der Waals surface area contributed by atoms with Crippen molar-refractivity contribution in [2.75, 3.05) is 7.05 Å². The van der Waals surface area contributed by atoms with Crippen LogP contribution in [0.3, 0.4) is 0 Å². The Morgan fingerprint density at radius 3 is 2.67 bits per heavy atom. The fourth-order valence-corrected chi connectivity index (χ4v) is 2.77. The van der Waals surface area contributed by atoms with Gasteiger partial charge in [0.2, 0.25) is 5.91 Å². The van der Waals surface area contributed by atoms with Crippen molar-refractivity contribution in [2.24, 2.45) is 11.7 Å². The molecular weight excluding hydrogens is 152 g/mol. The molecule has 3 heteroatoms. The highest BCUT2D eigenvalue weighted by atomic mass is 16.1. The summed E-state index contributed by atoms with van der Waals surface area (Å²) in [6.45, 7) is 0. The number of fused-ring (bicyclic) bond motifs is 2.